The van der Waals surface area contributed by atoms with Crippen molar-refractivity contribution in [1.82, 2.24) is 9.97 Å². The number of fused-ring (bicyclic) bond motifs is 1. The van der Waals surface area contributed by atoms with Gasteiger partial charge in [0.1, 0.15) is 5.82 Å². The van der Waals surface area contributed by atoms with Gasteiger partial charge in [-0.1, -0.05) is 19.1 Å². The van der Waals surface area contributed by atoms with Gasteiger partial charge >= 0.3 is 0 Å². The van der Waals surface area contributed by atoms with Crippen LogP contribution in [-0.4, -0.2) is 9.97 Å². The summed E-state index contributed by atoms with van der Waals surface area (Å²) in [7, 11) is 0. The summed E-state index contributed by atoms with van der Waals surface area (Å²) in [6.45, 7) is 2.14. The second-order valence-corrected chi connectivity index (χ2v) is 5.35. The zero-order chi connectivity index (χ0) is 13.4. The highest BCUT2D eigenvalue weighted by Crippen LogP contribution is 2.31. The van der Waals surface area contributed by atoms with E-state index < -0.39 is 0 Å². The van der Waals surface area contributed by atoms with Crippen molar-refractivity contribution in [1.29, 1.82) is 0 Å². The van der Waals surface area contributed by atoms with E-state index in [1.165, 1.54) is 5.56 Å². The smallest absolute Gasteiger partial charge is 0.140 e. The molecular weight excluding hydrogens is 302 g/mol. The van der Waals surface area contributed by atoms with E-state index in [9.17, 15) is 0 Å². The number of nitrogens with zero attached hydrogens (tertiary/aromatic N) is 1. The number of halogens is 1. The number of hydrogen-bond acceptors (Lipinski definition) is 2. The Bertz CT molecular complexity index is 746. The van der Waals surface area contributed by atoms with Crippen LogP contribution in [0.25, 0.3) is 22.4 Å². The highest BCUT2D eigenvalue weighted by Gasteiger charge is 2.10. The number of rotatable bonds is 2. The van der Waals surface area contributed by atoms with Crippen LogP contribution in [0.15, 0.2) is 40.9 Å². The van der Waals surface area contributed by atoms with Gasteiger partial charge < -0.3 is 10.7 Å². The minimum absolute atomic E-state index is 0.706. The maximum atomic E-state index is 6.09. The first-order chi connectivity index (χ1) is 9.19. The Balaban J connectivity index is 2.18. The molecule has 2 aromatic carbocycles. The zero-order valence-electron chi connectivity index (χ0n) is 10.6. The molecule has 19 heavy (non-hydrogen) atoms. The summed E-state index contributed by atoms with van der Waals surface area (Å²) in [6, 6.07) is 12.1. The normalized spacial score (nSPS) is 11.1. The number of hydrogen-bond donors (Lipinski definition) is 2. The largest absolute Gasteiger partial charge is 0.397 e. The van der Waals surface area contributed by atoms with E-state index in [1.54, 1.807) is 0 Å². The standard InChI is InChI=1S/C15H14BrN3/c1-2-9-6-7-12-13(8-9)19-15(18-12)10-4-3-5-11(16)14(10)17/h3-8H,2,17H2,1H3,(H,18,19). The third-order valence-electron chi connectivity index (χ3n) is 3.26. The molecule has 0 spiro atoms. The lowest BCUT2D eigenvalue weighted by Gasteiger charge is -2.03. The van der Waals surface area contributed by atoms with Gasteiger partial charge in [0, 0.05) is 10.0 Å². The average molecular weight is 316 g/mol. The Morgan fingerprint density at radius 1 is 1.26 bits per heavy atom. The van der Waals surface area contributed by atoms with Gasteiger partial charge in [0.05, 0.1) is 16.7 Å². The molecule has 3 N–H and O–H groups in total. The molecule has 0 amide bonds. The lowest BCUT2D eigenvalue weighted by Crippen LogP contribution is -1.92. The van der Waals surface area contributed by atoms with Gasteiger partial charge in [-0.05, 0) is 52.2 Å². The number of imidazole rings is 1. The van der Waals surface area contributed by atoms with Gasteiger partial charge in [0.15, 0.2) is 0 Å². The SMILES string of the molecule is CCc1ccc2nc(-c3cccc(Br)c3N)[nH]c2c1. The minimum atomic E-state index is 0.706. The van der Waals surface area contributed by atoms with Crippen molar-refractivity contribution in [3.63, 3.8) is 0 Å². The topological polar surface area (TPSA) is 54.7 Å². The van der Waals surface area contributed by atoms with Crippen LogP contribution in [-0.2, 0) is 6.42 Å². The molecule has 0 unspecified atom stereocenters. The molecule has 0 bridgehead atoms. The molecule has 3 rings (SSSR count). The molecule has 0 aliphatic rings. The first kappa shape index (κ1) is 12.2. The number of aromatic amines is 1. The van der Waals surface area contributed by atoms with Crippen LogP contribution in [0.1, 0.15) is 12.5 Å². The Labute approximate surface area is 120 Å². The summed E-state index contributed by atoms with van der Waals surface area (Å²) in [5.74, 6) is 0.807. The Hall–Kier alpha value is -1.81. The van der Waals surface area contributed by atoms with Crippen LogP contribution in [0, 0.1) is 0 Å². The highest BCUT2D eigenvalue weighted by atomic mass is 79.9. The summed E-state index contributed by atoms with van der Waals surface area (Å²) in [5.41, 5.74) is 11.0. The number of aromatic nitrogens is 2. The van der Waals surface area contributed by atoms with E-state index in [4.69, 9.17) is 5.73 Å². The summed E-state index contributed by atoms with van der Waals surface area (Å²) >= 11 is 3.44. The number of nitrogens with two attached hydrogens (primary N) is 1. The summed E-state index contributed by atoms with van der Waals surface area (Å²) in [5, 5.41) is 0. The van der Waals surface area contributed by atoms with E-state index in [0.29, 0.717) is 5.69 Å². The fourth-order valence-electron chi connectivity index (χ4n) is 2.15. The number of nitrogen functional groups attached to an aromatic ring is 1. The second-order valence-electron chi connectivity index (χ2n) is 4.49. The highest BCUT2D eigenvalue weighted by molar-refractivity contribution is 9.10. The fraction of sp³-hybridized carbons (Fsp3) is 0.133. The first-order valence-electron chi connectivity index (χ1n) is 6.22. The van der Waals surface area contributed by atoms with Crippen molar-refractivity contribution >= 4 is 32.7 Å². The van der Waals surface area contributed by atoms with Crippen molar-refractivity contribution in [3.8, 4) is 11.4 Å². The number of benzene rings is 2. The summed E-state index contributed by atoms with van der Waals surface area (Å²) in [6.07, 6.45) is 1.02. The number of anilines is 1. The van der Waals surface area contributed by atoms with Crippen LogP contribution in [0.5, 0.6) is 0 Å². The Morgan fingerprint density at radius 3 is 2.89 bits per heavy atom. The lowest BCUT2D eigenvalue weighted by atomic mass is 10.1. The van der Waals surface area contributed by atoms with E-state index in [2.05, 4.69) is 45.0 Å². The molecule has 3 aromatic rings. The van der Waals surface area contributed by atoms with Crippen molar-refractivity contribution in [2.24, 2.45) is 0 Å². The van der Waals surface area contributed by atoms with Crippen LogP contribution in [0.2, 0.25) is 0 Å². The monoisotopic (exact) mass is 315 g/mol. The molecule has 0 radical (unpaired) electrons. The third-order valence-corrected chi connectivity index (χ3v) is 3.95. The predicted octanol–water partition coefficient (Wildman–Crippen LogP) is 4.14. The predicted molar refractivity (Wildman–Crippen MR) is 83.0 cm³/mol. The first-order valence-corrected chi connectivity index (χ1v) is 7.01. The summed E-state index contributed by atoms with van der Waals surface area (Å²) in [4.78, 5) is 7.95. The second kappa shape index (κ2) is 4.70. The number of aryl methyl sites for hydroxylation is 1. The molecule has 0 saturated carbocycles. The molecular formula is C15H14BrN3. The van der Waals surface area contributed by atoms with E-state index in [0.717, 1.165) is 33.3 Å². The molecule has 3 nitrogen and oxygen atoms in total. The quantitative estimate of drug-likeness (QED) is 0.698. The van der Waals surface area contributed by atoms with Gasteiger partial charge in [-0.2, -0.15) is 0 Å². The molecule has 96 valence electrons. The number of para-hydroxylation sites is 1. The maximum absolute atomic E-state index is 6.09. The van der Waals surface area contributed by atoms with Crippen LogP contribution in [0.3, 0.4) is 0 Å². The molecule has 0 aliphatic carbocycles. The van der Waals surface area contributed by atoms with Gasteiger partial charge in [0.25, 0.3) is 0 Å². The molecule has 0 saturated heterocycles. The average Bonchev–Trinajstić information content (AvgIpc) is 2.84. The Morgan fingerprint density at radius 2 is 2.11 bits per heavy atom. The van der Waals surface area contributed by atoms with Gasteiger partial charge in [-0.3, -0.25) is 0 Å². The molecule has 1 aromatic heterocycles. The summed E-state index contributed by atoms with van der Waals surface area (Å²) < 4.78 is 0.889. The van der Waals surface area contributed by atoms with Gasteiger partial charge in [0.2, 0.25) is 0 Å². The van der Waals surface area contributed by atoms with E-state index in [-0.39, 0.29) is 0 Å². The third kappa shape index (κ3) is 2.12. The van der Waals surface area contributed by atoms with Gasteiger partial charge in [-0.15, -0.1) is 0 Å². The van der Waals surface area contributed by atoms with Crippen LogP contribution < -0.4 is 5.73 Å². The van der Waals surface area contributed by atoms with Crippen molar-refractivity contribution in [3.05, 3.63) is 46.4 Å². The van der Waals surface area contributed by atoms with Gasteiger partial charge in [-0.25, -0.2) is 4.98 Å². The van der Waals surface area contributed by atoms with Crippen LogP contribution >= 0.6 is 15.9 Å². The molecule has 4 heteroatoms. The molecule has 0 aliphatic heterocycles. The molecule has 1 heterocycles. The number of nitrogens with one attached hydrogen (secondary N) is 1. The molecule has 0 atom stereocenters. The lowest BCUT2D eigenvalue weighted by molar-refractivity contribution is 1.14. The van der Waals surface area contributed by atoms with Crippen molar-refractivity contribution in [2.45, 2.75) is 13.3 Å². The minimum Gasteiger partial charge on any atom is -0.397 e. The van der Waals surface area contributed by atoms with E-state index in [1.807, 2.05) is 24.3 Å². The maximum Gasteiger partial charge on any atom is 0.140 e. The zero-order valence-corrected chi connectivity index (χ0v) is 12.2. The fourth-order valence-corrected chi connectivity index (χ4v) is 2.51. The van der Waals surface area contributed by atoms with Crippen molar-refractivity contribution in [2.75, 3.05) is 5.73 Å². The molecule has 0 fully saturated rings. The van der Waals surface area contributed by atoms with Crippen LogP contribution in [0.4, 0.5) is 5.69 Å². The van der Waals surface area contributed by atoms with Crippen molar-refractivity contribution < 1.29 is 0 Å². The van der Waals surface area contributed by atoms with E-state index >= 15 is 0 Å². The number of H-pyrrole nitrogens is 1. The Kier molecular flexibility index (Phi) is 3.03.